The number of pyridine rings is 1. The molecule has 4 N–H and O–H groups in total. The zero-order chi connectivity index (χ0) is 20.9. The van der Waals surface area contributed by atoms with Crippen molar-refractivity contribution in [3.8, 4) is 0 Å². The maximum atomic E-state index is 6.34. The van der Waals surface area contributed by atoms with Gasteiger partial charge < -0.3 is 20.8 Å². The minimum absolute atomic E-state index is 0.459. The molecule has 156 valence electrons. The molecule has 0 unspecified atom stereocenters. The van der Waals surface area contributed by atoms with Crippen LogP contribution in [0.5, 0.6) is 0 Å². The van der Waals surface area contributed by atoms with Crippen molar-refractivity contribution in [2.45, 2.75) is 39.3 Å². The Bertz CT molecular complexity index is 1140. The lowest BCUT2D eigenvalue weighted by molar-refractivity contribution is 0.126. The molecule has 0 aliphatic carbocycles. The first-order valence-corrected chi connectivity index (χ1v) is 10.6. The number of imidazole rings is 1. The predicted molar refractivity (Wildman–Crippen MR) is 122 cm³/mol. The second-order valence-corrected chi connectivity index (χ2v) is 7.52. The molecule has 6 nitrogen and oxygen atoms in total. The molecule has 0 aliphatic heterocycles. The first kappa shape index (κ1) is 20.3. The van der Waals surface area contributed by atoms with Gasteiger partial charge in [0.25, 0.3) is 0 Å². The van der Waals surface area contributed by atoms with Gasteiger partial charge in [-0.3, -0.25) is 0 Å². The summed E-state index contributed by atoms with van der Waals surface area (Å²) in [4.78, 5) is 9.47. The minimum Gasteiger partial charge on any atom is -0.382 e. The number of benzene rings is 2. The molecule has 2 aromatic heterocycles. The average molecular weight is 404 g/mol. The Morgan fingerprint density at radius 3 is 2.60 bits per heavy atom. The molecular formula is C24H29N5O. The highest BCUT2D eigenvalue weighted by Crippen LogP contribution is 2.30. The van der Waals surface area contributed by atoms with Crippen LogP contribution in [-0.4, -0.2) is 27.7 Å². The second-order valence-electron chi connectivity index (χ2n) is 7.52. The Morgan fingerprint density at radius 1 is 1.00 bits per heavy atom. The number of aryl methyl sites for hydroxylation is 1. The first-order chi connectivity index (χ1) is 14.7. The highest BCUT2D eigenvalue weighted by molar-refractivity contribution is 6.06. The van der Waals surface area contributed by atoms with Gasteiger partial charge >= 0.3 is 0 Å². The topological polar surface area (TPSA) is 92.0 Å². The fourth-order valence-electron chi connectivity index (χ4n) is 3.90. The lowest BCUT2D eigenvalue weighted by Gasteiger charge is -2.11. The number of anilines is 1. The van der Waals surface area contributed by atoms with E-state index in [2.05, 4.69) is 52.0 Å². The summed E-state index contributed by atoms with van der Waals surface area (Å²) in [5.41, 5.74) is 17.2. The van der Waals surface area contributed by atoms with Crippen LogP contribution in [0.4, 0.5) is 5.82 Å². The van der Waals surface area contributed by atoms with Gasteiger partial charge in [0.1, 0.15) is 17.9 Å². The number of rotatable bonds is 9. The van der Waals surface area contributed by atoms with E-state index in [4.69, 9.17) is 21.2 Å². The number of ether oxygens (including phenoxy) is 1. The molecule has 0 radical (unpaired) electrons. The number of aromatic nitrogens is 3. The quantitative estimate of drug-likeness (QED) is 0.412. The molecule has 2 heterocycles. The summed E-state index contributed by atoms with van der Waals surface area (Å²) in [7, 11) is 0. The average Bonchev–Trinajstić information content (AvgIpc) is 3.12. The van der Waals surface area contributed by atoms with Gasteiger partial charge in [-0.25, -0.2) is 9.97 Å². The number of unbranched alkanes of at least 4 members (excludes halogenated alkanes) is 1. The van der Waals surface area contributed by atoms with Crippen molar-refractivity contribution in [1.82, 2.24) is 14.5 Å². The van der Waals surface area contributed by atoms with Gasteiger partial charge in [-0.05, 0) is 49.9 Å². The number of nitrogens with two attached hydrogens (primary N) is 2. The molecule has 0 spiro atoms. The fraction of sp³-hybridized carbons (Fsp3) is 0.333. The summed E-state index contributed by atoms with van der Waals surface area (Å²) in [5.74, 6) is 1.35. The standard InChI is InChI=1S/C24H29N5O/c1-2-30-16-21-28-22-23(29(21)13-7-6-12-25)19-11-10-18(15-20(19)27-24(22)26)14-17-8-4-3-5-9-17/h3-5,8-11,15H,2,6-7,12-14,16,25H2,1H3,(H2,26,27). The maximum absolute atomic E-state index is 6.34. The monoisotopic (exact) mass is 403 g/mol. The molecular weight excluding hydrogens is 374 g/mol. The maximum Gasteiger partial charge on any atom is 0.152 e. The summed E-state index contributed by atoms with van der Waals surface area (Å²) >= 11 is 0. The molecule has 4 rings (SSSR count). The van der Waals surface area contributed by atoms with Gasteiger partial charge in [-0.15, -0.1) is 0 Å². The van der Waals surface area contributed by atoms with E-state index in [-0.39, 0.29) is 0 Å². The predicted octanol–water partition coefficient (Wildman–Crippen LogP) is 4.03. The number of nitrogen functional groups attached to an aromatic ring is 1. The summed E-state index contributed by atoms with van der Waals surface area (Å²) in [6.07, 6.45) is 2.81. The van der Waals surface area contributed by atoms with Crippen molar-refractivity contribution in [3.63, 3.8) is 0 Å². The van der Waals surface area contributed by atoms with Gasteiger partial charge in [0.15, 0.2) is 5.82 Å². The number of hydrogen-bond acceptors (Lipinski definition) is 5. The lowest BCUT2D eigenvalue weighted by Crippen LogP contribution is -2.08. The van der Waals surface area contributed by atoms with Crippen molar-refractivity contribution in [3.05, 3.63) is 65.5 Å². The van der Waals surface area contributed by atoms with Crippen LogP contribution >= 0.6 is 0 Å². The highest BCUT2D eigenvalue weighted by atomic mass is 16.5. The summed E-state index contributed by atoms with van der Waals surface area (Å²) < 4.78 is 7.90. The molecule has 0 bridgehead atoms. The Morgan fingerprint density at radius 2 is 1.83 bits per heavy atom. The smallest absolute Gasteiger partial charge is 0.152 e. The van der Waals surface area contributed by atoms with Gasteiger partial charge in [0, 0.05) is 18.5 Å². The second kappa shape index (κ2) is 9.24. The molecule has 0 saturated heterocycles. The van der Waals surface area contributed by atoms with Crippen molar-refractivity contribution in [1.29, 1.82) is 0 Å². The summed E-state index contributed by atoms with van der Waals surface area (Å²) in [5, 5.41) is 1.07. The molecule has 2 aromatic carbocycles. The van der Waals surface area contributed by atoms with E-state index >= 15 is 0 Å². The van der Waals surface area contributed by atoms with Crippen molar-refractivity contribution < 1.29 is 4.74 Å². The third-order valence-corrected chi connectivity index (χ3v) is 5.37. The normalized spacial score (nSPS) is 11.5. The van der Waals surface area contributed by atoms with E-state index in [9.17, 15) is 0 Å². The van der Waals surface area contributed by atoms with Crippen molar-refractivity contribution in [2.75, 3.05) is 18.9 Å². The van der Waals surface area contributed by atoms with Crippen LogP contribution in [0.3, 0.4) is 0 Å². The van der Waals surface area contributed by atoms with E-state index in [0.29, 0.717) is 25.6 Å². The highest BCUT2D eigenvalue weighted by Gasteiger charge is 2.17. The van der Waals surface area contributed by atoms with Crippen LogP contribution in [0.15, 0.2) is 48.5 Å². The van der Waals surface area contributed by atoms with Gasteiger partial charge in [-0.2, -0.15) is 0 Å². The van der Waals surface area contributed by atoms with E-state index in [1.807, 2.05) is 13.0 Å². The van der Waals surface area contributed by atoms with Gasteiger partial charge in [-0.1, -0.05) is 42.5 Å². The van der Waals surface area contributed by atoms with Crippen LogP contribution < -0.4 is 11.5 Å². The van der Waals surface area contributed by atoms with Crippen molar-refractivity contribution in [2.24, 2.45) is 5.73 Å². The molecule has 0 atom stereocenters. The first-order valence-electron chi connectivity index (χ1n) is 10.6. The Balaban J connectivity index is 1.80. The molecule has 0 aliphatic rings. The SMILES string of the molecule is CCOCc1nc2c(N)nc3cc(Cc4ccccc4)ccc3c2n1CCCCN. The van der Waals surface area contributed by atoms with Crippen LogP contribution in [0, 0.1) is 0 Å². The molecule has 4 aromatic rings. The molecule has 30 heavy (non-hydrogen) atoms. The van der Waals surface area contributed by atoms with E-state index in [0.717, 1.165) is 53.6 Å². The molecule has 0 amide bonds. The van der Waals surface area contributed by atoms with Crippen LogP contribution in [0.1, 0.15) is 36.7 Å². The van der Waals surface area contributed by atoms with Crippen molar-refractivity contribution >= 4 is 27.8 Å². The molecule has 0 fully saturated rings. The lowest BCUT2D eigenvalue weighted by atomic mass is 10.0. The molecule has 6 heteroatoms. The number of nitrogens with zero attached hydrogens (tertiary/aromatic N) is 3. The van der Waals surface area contributed by atoms with Crippen LogP contribution in [-0.2, 0) is 24.3 Å². The Hall–Kier alpha value is -2.96. The Kier molecular flexibility index (Phi) is 6.26. The van der Waals surface area contributed by atoms with Crippen LogP contribution in [0.25, 0.3) is 21.9 Å². The minimum atomic E-state index is 0.459. The largest absolute Gasteiger partial charge is 0.382 e. The third-order valence-electron chi connectivity index (χ3n) is 5.37. The van der Waals surface area contributed by atoms with E-state index in [1.54, 1.807) is 0 Å². The Labute approximate surface area is 176 Å². The summed E-state index contributed by atoms with van der Waals surface area (Å²) in [6.45, 7) is 4.60. The number of fused-ring (bicyclic) bond motifs is 3. The summed E-state index contributed by atoms with van der Waals surface area (Å²) in [6, 6.07) is 16.9. The third kappa shape index (κ3) is 4.15. The zero-order valence-corrected chi connectivity index (χ0v) is 17.5. The van der Waals surface area contributed by atoms with Gasteiger partial charge in [0.2, 0.25) is 0 Å². The van der Waals surface area contributed by atoms with Crippen LogP contribution in [0.2, 0.25) is 0 Å². The van der Waals surface area contributed by atoms with E-state index in [1.165, 1.54) is 11.1 Å². The zero-order valence-electron chi connectivity index (χ0n) is 17.5. The van der Waals surface area contributed by atoms with E-state index < -0.39 is 0 Å². The molecule has 0 saturated carbocycles. The fourth-order valence-corrected chi connectivity index (χ4v) is 3.90. The number of hydrogen-bond donors (Lipinski definition) is 2. The van der Waals surface area contributed by atoms with Gasteiger partial charge in [0.05, 0.1) is 11.0 Å².